The summed E-state index contributed by atoms with van der Waals surface area (Å²) >= 11 is 4.36. The van der Waals surface area contributed by atoms with Crippen LogP contribution in [0.15, 0.2) is 76.1 Å². The third-order valence-corrected chi connectivity index (χ3v) is 7.17. The van der Waals surface area contributed by atoms with Gasteiger partial charge in [0.25, 0.3) is 17.1 Å². The molecule has 0 spiro atoms. The van der Waals surface area contributed by atoms with Crippen molar-refractivity contribution in [2.75, 3.05) is 25.1 Å². The Morgan fingerprint density at radius 1 is 1.08 bits per heavy atom. The topological polar surface area (TPSA) is 84.9 Å². The molecule has 0 unspecified atom stereocenters. The highest BCUT2D eigenvalue weighted by molar-refractivity contribution is 9.10. The molecule has 39 heavy (non-hydrogen) atoms. The van der Waals surface area contributed by atoms with Crippen LogP contribution in [0.5, 0.6) is 11.5 Å². The molecular weight excluding hydrogens is 587 g/mol. The first-order valence-electron chi connectivity index (χ1n) is 12.3. The standard InChI is InChI=1S/C29H26BrFN2O5S/c1-2-37-24-16-20(15-23(30)27(24)38-18-26(34)32-22-12-10-21(31)11-13-22)17-25-28(35)33(29(36)39-25)14-6-9-19-7-4-3-5-8-19/h3-5,7-8,10-13,15-17H,2,6,9,14,18H2,1H3,(H,32,34)/b25-17+. The first kappa shape index (κ1) is 28.4. The number of imide groups is 1. The summed E-state index contributed by atoms with van der Waals surface area (Å²) in [6.45, 7) is 2.19. The monoisotopic (exact) mass is 612 g/mol. The fraction of sp³-hybridized carbons (Fsp3) is 0.207. The number of nitrogens with one attached hydrogen (secondary N) is 1. The Balaban J connectivity index is 1.42. The molecule has 202 valence electrons. The molecule has 10 heteroatoms. The Labute approximate surface area is 238 Å². The quantitative estimate of drug-likeness (QED) is 0.243. The lowest BCUT2D eigenvalue weighted by molar-refractivity contribution is -0.122. The van der Waals surface area contributed by atoms with Gasteiger partial charge in [0, 0.05) is 12.2 Å². The van der Waals surface area contributed by atoms with Crippen LogP contribution in [0.4, 0.5) is 14.9 Å². The molecule has 1 aliphatic rings. The number of halogens is 2. The minimum atomic E-state index is -0.430. The Morgan fingerprint density at radius 2 is 1.82 bits per heavy atom. The number of thioether (sulfide) groups is 1. The third-order valence-electron chi connectivity index (χ3n) is 5.67. The summed E-state index contributed by atoms with van der Waals surface area (Å²) < 4.78 is 25.0. The van der Waals surface area contributed by atoms with Crippen LogP contribution in [0.1, 0.15) is 24.5 Å². The van der Waals surface area contributed by atoms with E-state index in [1.54, 1.807) is 18.2 Å². The number of carbonyl (C=O) groups is 3. The summed E-state index contributed by atoms with van der Waals surface area (Å²) in [6, 6.07) is 18.7. The van der Waals surface area contributed by atoms with Crippen LogP contribution in [0.3, 0.4) is 0 Å². The van der Waals surface area contributed by atoms with E-state index in [9.17, 15) is 18.8 Å². The summed E-state index contributed by atoms with van der Waals surface area (Å²) in [4.78, 5) is 39.4. The number of carbonyl (C=O) groups excluding carboxylic acids is 3. The molecule has 1 N–H and O–H groups in total. The number of rotatable bonds is 11. The van der Waals surface area contributed by atoms with E-state index in [1.165, 1.54) is 29.2 Å². The lowest BCUT2D eigenvalue weighted by Gasteiger charge is -2.15. The Kier molecular flexibility index (Phi) is 9.78. The van der Waals surface area contributed by atoms with Crippen LogP contribution >= 0.6 is 27.7 Å². The van der Waals surface area contributed by atoms with Gasteiger partial charge in [-0.05, 0) is 101 Å². The second kappa shape index (κ2) is 13.4. The van der Waals surface area contributed by atoms with Gasteiger partial charge >= 0.3 is 0 Å². The number of hydrogen-bond donors (Lipinski definition) is 1. The maximum Gasteiger partial charge on any atom is 0.293 e. The maximum atomic E-state index is 13.1. The number of amides is 3. The Morgan fingerprint density at radius 3 is 2.54 bits per heavy atom. The van der Waals surface area contributed by atoms with E-state index in [2.05, 4.69) is 21.2 Å². The van der Waals surface area contributed by atoms with Crippen LogP contribution in [-0.2, 0) is 16.0 Å². The SMILES string of the molecule is CCOc1cc(/C=C2/SC(=O)N(CCCc3ccccc3)C2=O)cc(Br)c1OCC(=O)Nc1ccc(F)cc1. The van der Waals surface area contributed by atoms with E-state index < -0.39 is 11.7 Å². The van der Waals surface area contributed by atoms with Gasteiger partial charge in [-0.1, -0.05) is 30.3 Å². The molecule has 0 radical (unpaired) electrons. The average Bonchev–Trinajstić information content (AvgIpc) is 3.17. The molecular formula is C29H26BrFN2O5S. The van der Waals surface area contributed by atoms with Crippen LogP contribution < -0.4 is 14.8 Å². The molecule has 0 saturated carbocycles. The van der Waals surface area contributed by atoms with Gasteiger partial charge in [0.1, 0.15) is 5.82 Å². The molecule has 3 aromatic carbocycles. The summed E-state index contributed by atoms with van der Waals surface area (Å²) in [5.41, 5.74) is 2.23. The van der Waals surface area contributed by atoms with Crippen molar-refractivity contribution in [3.63, 3.8) is 0 Å². The lowest BCUT2D eigenvalue weighted by atomic mass is 10.1. The fourth-order valence-electron chi connectivity index (χ4n) is 3.87. The first-order chi connectivity index (χ1) is 18.8. The number of ether oxygens (including phenoxy) is 2. The van der Waals surface area contributed by atoms with Crippen molar-refractivity contribution in [2.45, 2.75) is 19.8 Å². The average molecular weight is 614 g/mol. The Bertz CT molecular complexity index is 1380. The minimum Gasteiger partial charge on any atom is -0.490 e. The predicted octanol–water partition coefficient (Wildman–Crippen LogP) is 6.67. The van der Waals surface area contributed by atoms with Crippen LogP contribution in [0.25, 0.3) is 6.08 Å². The number of aryl methyl sites for hydroxylation is 1. The van der Waals surface area contributed by atoms with Crippen LogP contribution in [-0.4, -0.2) is 41.7 Å². The summed E-state index contributed by atoms with van der Waals surface area (Å²) in [5.74, 6) is -0.472. The number of benzene rings is 3. The number of nitrogens with zero attached hydrogens (tertiary/aromatic N) is 1. The smallest absolute Gasteiger partial charge is 0.293 e. The van der Waals surface area contributed by atoms with Crippen LogP contribution in [0, 0.1) is 5.82 Å². The van der Waals surface area contributed by atoms with Gasteiger partial charge < -0.3 is 14.8 Å². The van der Waals surface area contributed by atoms with Crippen molar-refractivity contribution in [3.05, 3.63) is 93.1 Å². The molecule has 1 fully saturated rings. The van der Waals surface area contributed by atoms with Gasteiger partial charge in [-0.2, -0.15) is 0 Å². The molecule has 7 nitrogen and oxygen atoms in total. The molecule has 1 heterocycles. The van der Waals surface area contributed by atoms with Crippen molar-refractivity contribution < 1.29 is 28.2 Å². The number of hydrogen-bond acceptors (Lipinski definition) is 6. The molecule has 0 bridgehead atoms. The normalized spacial score (nSPS) is 14.1. The van der Waals surface area contributed by atoms with Crippen molar-refractivity contribution in [1.82, 2.24) is 4.90 Å². The highest BCUT2D eigenvalue weighted by Gasteiger charge is 2.34. The van der Waals surface area contributed by atoms with Crippen molar-refractivity contribution in [3.8, 4) is 11.5 Å². The molecule has 3 amide bonds. The largest absolute Gasteiger partial charge is 0.490 e. The van der Waals surface area contributed by atoms with E-state index in [0.717, 1.165) is 23.7 Å². The molecule has 1 aliphatic heterocycles. The molecule has 3 aromatic rings. The highest BCUT2D eigenvalue weighted by Crippen LogP contribution is 2.39. The summed E-state index contributed by atoms with van der Waals surface area (Å²) in [5, 5.41) is 2.34. The summed E-state index contributed by atoms with van der Waals surface area (Å²) in [6.07, 6.45) is 3.09. The molecule has 0 aliphatic carbocycles. The minimum absolute atomic E-state index is 0.296. The fourth-order valence-corrected chi connectivity index (χ4v) is 5.31. The molecule has 0 aromatic heterocycles. The van der Waals surface area contributed by atoms with E-state index in [0.29, 0.717) is 51.7 Å². The maximum absolute atomic E-state index is 13.1. The Hall–Kier alpha value is -3.63. The lowest BCUT2D eigenvalue weighted by Crippen LogP contribution is -2.29. The molecule has 4 rings (SSSR count). The van der Waals surface area contributed by atoms with E-state index in [-0.39, 0.29) is 17.8 Å². The third kappa shape index (κ3) is 7.70. The van der Waals surface area contributed by atoms with Crippen molar-refractivity contribution in [2.24, 2.45) is 0 Å². The summed E-state index contributed by atoms with van der Waals surface area (Å²) in [7, 11) is 0. The zero-order valence-corrected chi connectivity index (χ0v) is 23.5. The number of anilines is 1. The molecule has 0 atom stereocenters. The zero-order chi connectivity index (χ0) is 27.8. The van der Waals surface area contributed by atoms with Crippen LogP contribution in [0.2, 0.25) is 0 Å². The first-order valence-corrected chi connectivity index (χ1v) is 13.9. The van der Waals surface area contributed by atoms with Gasteiger partial charge in [0.2, 0.25) is 0 Å². The molecule has 1 saturated heterocycles. The van der Waals surface area contributed by atoms with E-state index in [1.807, 2.05) is 37.3 Å². The van der Waals surface area contributed by atoms with Gasteiger partial charge in [0.05, 0.1) is 16.0 Å². The highest BCUT2D eigenvalue weighted by atomic mass is 79.9. The van der Waals surface area contributed by atoms with Gasteiger partial charge in [-0.25, -0.2) is 4.39 Å². The predicted molar refractivity (Wildman–Crippen MR) is 153 cm³/mol. The van der Waals surface area contributed by atoms with Crippen molar-refractivity contribution in [1.29, 1.82) is 0 Å². The van der Waals surface area contributed by atoms with Gasteiger partial charge in [0.15, 0.2) is 18.1 Å². The second-order valence-corrected chi connectivity index (χ2v) is 10.4. The van der Waals surface area contributed by atoms with E-state index in [4.69, 9.17) is 9.47 Å². The van der Waals surface area contributed by atoms with Gasteiger partial charge in [-0.15, -0.1) is 0 Å². The van der Waals surface area contributed by atoms with Gasteiger partial charge in [-0.3, -0.25) is 19.3 Å². The second-order valence-electron chi connectivity index (χ2n) is 8.53. The van der Waals surface area contributed by atoms with Crippen molar-refractivity contribution >= 4 is 56.5 Å². The van der Waals surface area contributed by atoms with E-state index >= 15 is 0 Å². The zero-order valence-electron chi connectivity index (χ0n) is 21.1.